The summed E-state index contributed by atoms with van der Waals surface area (Å²) < 4.78 is 0. The summed E-state index contributed by atoms with van der Waals surface area (Å²) in [4.78, 5) is 37.4. The second-order valence-corrected chi connectivity index (χ2v) is 28.7. The maximum absolute atomic E-state index is 11.9. The predicted octanol–water partition coefficient (Wildman–Crippen LogP) is 20.4. The van der Waals surface area contributed by atoms with Crippen LogP contribution < -0.4 is 4.90 Å². The van der Waals surface area contributed by atoms with Crippen molar-refractivity contribution < 1.29 is 9.90 Å². The molecule has 0 saturated carbocycles. The first-order valence-electron chi connectivity index (χ1n) is 32.3. The number of rotatable bonds is 16. The van der Waals surface area contributed by atoms with Gasteiger partial charge in [-0.25, -0.2) is 9.79 Å². The summed E-state index contributed by atoms with van der Waals surface area (Å²) in [6.45, 7) is 32.0. The zero-order valence-corrected chi connectivity index (χ0v) is 54.9. The van der Waals surface area contributed by atoms with Gasteiger partial charge in [-0.15, -0.1) is 0 Å². The molecule has 8 bridgehead atoms. The van der Waals surface area contributed by atoms with Crippen molar-refractivity contribution in [3.8, 4) is 11.8 Å². The summed E-state index contributed by atoms with van der Waals surface area (Å²) in [5.41, 5.74) is 21.2. The Kier molecular flexibility index (Phi) is 18.5. The number of hydrogen-bond donors (Lipinski definition) is 1. The topological polar surface area (TPSA) is 90.0 Å². The van der Waals surface area contributed by atoms with Crippen molar-refractivity contribution >= 4 is 45.8 Å². The van der Waals surface area contributed by atoms with Gasteiger partial charge in [0.05, 0.1) is 68.4 Å². The number of carbonyl (C=O) groups is 1. The first-order chi connectivity index (χ1) is 41.9. The number of fused-ring (bicyclic) bond motifs is 4. The third-order valence-corrected chi connectivity index (χ3v) is 17.5. The maximum atomic E-state index is 11.9. The van der Waals surface area contributed by atoms with E-state index >= 15 is 0 Å². The third-order valence-electron chi connectivity index (χ3n) is 17.5. The lowest BCUT2D eigenvalue weighted by atomic mass is 9.77. The summed E-state index contributed by atoms with van der Waals surface area (Å²) in [5.74, 6) is 5.60. The van der Waals surface area contributed by atoms with Crippen LogP contribution in [0.5, 0.6) is 0 Å². The second kappa shape index (κ2) is 25.9. The monoisotopic (exact) mass is 1170 g/mol. The quantitative estimate of drug-likeness (QED) is 0.0788. The second-order valence-electron chi connectivity index (χ2n) is 28.7. The predicted molar refractivity (Wildman–Crippen MR) is 372 cm³/mol. The Balaban J connectivity index is 1.28. The Morgan fingerprint density at radius 3 is 1.51 bits per heavy atom. The van der Waals surface area contributed by atoms with Gasteiger partial charge < -0.3 is 10.0 Å². The molecule has 0 radical (unpaired) electrons. The van der Waals surface area contributed by atoms with Crippen molar-refractivity contribution in [1.29, 1.82) is 0 Å². The average molecular weight is 1170 g/mol. The molecule has 0 spiro atoms. The molecule has 0 aromatic heterocycles. The number of aliphatic imine (C=N–C) groups is 4. The molecule has 5 aliphatic rings. The minimum absolute atomic E-state index is 0.148. The normalized spacial score (nSPS) is 16.7. The van der Waals surface area contributed by atoms with Crippen LogP contribution in [0.2, 0.25) is 0 Å². The van der Waals surface area contributed by atoms with Crippen LogP contribution in [0.25, 0.3) is 5.57 Å². The van der Waals surface area contributed by atoms with Crippen molar-refractivity contribution in [2.75, 3.05) is 4.90 Å². The molecule has 452 valence electrons. The van der Waals surface area contributed by atoms with E-state index in [9.17, 15) is 9.90 Å². The molecule has 5 aromatic carbocycles. The molecule has 5 aliphatic heterocycles. The zero-order chi connectivity index (χ0) is 62.7. The summed E-state index contributed by atoms with van der Waals surface area (Å²) in [5, 5.41) is 9.77. The lowest BCUT2D eigenvalue weighted by Gasteiger charge is -2.29. The van der Waals surface area contributed by atoms with Gasteiger partial charge in [0.15, 0.2) is 0 Å². The van der Waals surface area contributed by atoms with Crippen molar-refractivity contribution in [2.24, 2.45) is 20.0 Å². The summed E-state index contributed by atoms with van der Waals surface area (Å²) >= 11 is 0. The van der Waals surface area contributed by atoms with Gasteiger partial charge in [-0.3, -0.25) is 15.0 Å². The molecule has 0 fully saturated rings. The van der Waals surface area contributed by atoms with Crippen LogP contribution in [-0.2, 0) is 34.5 Å². The Labute approximate surface area is 526 Å². The molecule has 7 nitrogen and oxygen atoms in total. The fourth-order valence-corrected chi connectivity index (χ4v) is 12.0. The third kappa shape index (κ3) is 14.3. The van der Waals surface area contributed by atoms with Crippen LogP contribution in [0.15, 0.2) is 206 Å². The average Bonchev–Trinajstić information content (AvgIpc) is 2.22. The Bertz CT molecular complexity index is 3810. The van der Waals surface area contributed by atoms with Crippen LogP contribution in [0, 0.1) is 11.8 Å². The van der Waals surface area contributed by atoms with Crippen LogP contribution in [-0.4, -0.2) is 33.9 Å². The molecule has 1 atom stereocenters. The van der Waals surface area contributed by atoms with Crippen molar-refractivity contribution in [3.63, 3.8) is 0 Å². The maximum Gasteiger partial charge on any atom is 0.335 e. The number of carboxylic acids is 1. The number of unbranched alkanes of at least 4 members (excludes halogenated alkanes) is 6. The van der Waals surface area contributed by atoms with Crippen LogP contribution >= 0.6 is 0 Å². The van der Waals surface area contributed by atoms with E-state index < -0.39 is 5.97 Å². The van der Waals surface area contributed by atoms with E-state index in [1.807, 2.05) is 0 Å². The first-order valence-corrected chi connectivity index (χ1v) is 32.3. The number of aromatic carboxylic acids is 1. The number of carboxylic acid groups (broad SMARTS) is 1. The molecule has 7 heteroatoms. The molecule has 1 N–H and O–H groups in total. The molecule has 10 rings (SSSR count). The van der Waals surface area contributed by atoms with Gasteiger partial charge in [0.25, 0.3) is 0 Å². The molecular weight excluding hydrogens is 1070 g/mol. The number of anilines is 2. The fourth-order valence-electron chi connectivity index (χ4n) is 12.0. The summed E-state index contributed by atoms with van der Waals surface area (Å²) in [7, 11) is 0. The van der Waals surface area contributed by atoms with Crippen LogP contribution in [0.4, 0.5) is 11.4 Å². The van der Waals surface area contributed by atoms with Crippen molar-refractivity contribution in [3.05, 3.63) is 241 Å². The highest BCUT2D eigenvalue weighted by atomic mass is 16.4. The molecular formula is C81H91N5O2. The van der Waals surface area contributed by atoms with Gasteiger partial charge in [-0.1, -0.05) is 214 Å². The van der Waals surface area contributed by atoms with Gasteiger partial charge in [0.2, 0.25) is 0 Å². The van der Waals surface area contributed by atoms with E-state index in [-0.39, 0.29) is 33.1 Å². The van der Waals surface area contributed by atoms with Crippen molar-refractivity contribution in [1.82, 2.24) is 0 Å². The highest BCUT2D eigenvalue weighted by Gasteiger charge is 2.35. The Hall–Kier alpha value is -8.21. The molecule has 5 aromatic rings. The van der Waals surface area contributed by atoms with Gasteiger partial charge in [-0.05, 0) is 177 Å². The SMILES string of the molecule is CCCCCCc1ccc(N(C2=C3C=CC(=N3)C(c3cc(C(C)(C)C)cc(C(C)(C)C)c3)C3=NC(=C(C#Cc4ccc(C(=O)O)cc4)C4=CCC(=N4)C(c4cc(C(C)(C)C)cc(C(C)(C)C)c4)=C4C=CC2=N4)C=C3)c2ccc(CCCCCC)cc2)cc1. The van der Waals surface area contributed by atoms with Crippen molar-refractivity contribution in [2.45, 2.75) is 195 Å². The van der Waals surface area contributed by atoms with Crippen LogP contribution in [0.1, 0.15) is 221 Å². The van der Waals surface area contributed by atoms with Gasteiger partial charge >= 0.3 is 5.97 Å². The number of hydrogen-bond acceptors (Lipinski definition) is 6. The Morgan fingerprint density at radius 2 is 1.01 bits per heavy atom. The molecule has 0 saturated heterocycles. The lowest BCUT2D eigenvalue weighted by Crippen LogP contribution is -2.24. The molecule has 0 amide bonds. The Morgan fingerprint density at radius 1 is 0.523 bits per heavy atom. The number of aryl methyl sites for hydroxylation is 2. The minimum Gasteiger partial charge on any atom is -0.478 e. The number of allylic oxidation sites excluding steroid dienone is 9. The molecule has 5 heterocycles. The largest absolute Gasteiger partial charge is 0.478 e. The summed E-state index contributed by atoms with van der Waals surface area (Å²) in [6.07, 6.45) is 27.5. The van der Waals surface area contributed by atoms with Gasteiger partial charge in [0.1, 0.15) is 0 Å². The highest BCUT2D eigenvalue weighted by Crippen LogP contribution is 2.43. The fraction of sp³-hybridized carbons (Fsp3) is 0.370. The smallest absolute Gasteiger partial charge is 0.335 e. The van der Waals surface area contributed by atoms with Crippen LogP contribution in [0.3, 0.4) is 0 Å². The van der Waals surface area contributed by atoms with E-state index in [1.54, 1.807) is 24.3 Å². The highest BCUT2D eigenvalue weighted by molar-refractivity contribution is 6.29. The molecule has 88 heavy (non-hydrogen) atoms. The minimum atomic E-state index is -0.981. The lowest BCUT2D eigenvalue weighted by molar-refractivity contribution is 0.0696. The van der Waals surface area contributed by atoms with E-state index in [1.165, 1.54) is 84.7 Å². The van der Waals surface area contributed by atoms with E-state index in [0.717, 1.165) is 86.6 Å². The zero-order valence-electron chi connectivity index (χ0n) is 54.9. The molecule has 1 unspecified atom stereocenters. The molecule has 0 aliphatic carbocycles. The van der Waals surface area contributed by atoms with Gasteiger partial charge in [0, 0.05) is 28.9 Å². The van der Waals surface area contributed by atoms with E-state index in [2.05, 4.69) is 241 Å². The number of benzene rings is 5. The van der Waals surface area contributed by atoms with E-state index in [4.69, 9.17) is 20.0 Å². The first kappa shape index (κ1) is 62.8. The van der Waals surface area contributed by atoms with E-state index in [0.29, 0.717) is 23.3 Å². The summed E-state index contributed by atoms with van der Waals surface area (Å²) in [6, 6.07) is 39.4. The van der Waals surface area contributed by atoms with Gasteiger partial charge in [-0.2, -0.15) is 0 Å². The standard InChI is InChI=1S/C81H91N5O2/c1-15-17-19-21-23-53-27-34-63(35-28-53)86(64-36-29-54(30-37-64)24-22-20-18-16-2)76-72-45-43-70(84-72)74(57-47-59(78(3,4)5)51-60(48-57)79(6,7)8)68-41-39-66(82-68)65(38-31-55-25-32-56(33-26-55)77(87)88)67-40-42-69(83-67)75(71-44-46-73(76)85-71)58-49-61(80(9,10)11)52-62(50-58)81(12,13)14/h25-30,32-37,39-41,43-52,74H,15-24,42H2,1-14H3,(H,87,88). The number of nitrogens with zero attached hydrogens (tertiary/aromatic N) is 5.